The van der Waals surface area contributed by atoms with Gasteiger partial charge in [-0.1, -0.05) is 6.92 Å². The van der Waals surface area contributed by atoms with E-state index in [4.69, 9.17) is 5.73 Å². The number of sulfonamides is 1. The molecule has 4 nitrogen and oxygen atoms in total. The first-order valence-corrected chi connectivity index (χ1v) is 8.25. The Kier molecular flexibility index (Phi) is 3.71. The zero-order valence-electron chi connectivity index (χ0n) is 10.2. The third-order valence-corrected chi connectivity index (χ3v) is 5.91. The fourth-order valence-electron chi connectivity index (χ4n) is 2.16. The second kappa shape index (κ2) is 4.83. The van der Waals surface area contributed by atoms with Crippen molar-refractivity contribution in [2.24, 2.45) is 0 Å². The van der Waals surface area contributed by atoms with Crippen LogP contribution in [0.3, 0.4) is 0 Å². The number of anilines is 1. The summed E-state index contributed by atoms with van der Waals surface area (Å²) in [5.41, 5.74) is 5.90. The van der Waals surface area contributed by atoms with E-state index in [9.17, 15) is 8.42 Å². The number of benzene rings is 1. The molecule has 0 heterocycles. The Morgan fingerprint density at radius 2 is 2.11 bits per heavy atom. The lowest BCUT2D eigenvalue weighted by molar-refractivity contribution is 0.214. The van der Waals surface area contributed by atoms with Crippen LogP contribution in [0, 0.1) is 0 Å². The summed E-state index contributed by atoms with van der Waals surface area (Å²) >= 11 is 3.26. The summed E-state index contributed by atoms with van der Waals surface area (Å²) in [7, 11) is -3.48. The molecule has 100 valence electrons. The van der Waals surface area contributed by atoms with E-state index in [0.717, 1.165) is 25.7 Å². The summed E-state index contributed by atoms with van der Waals surface area (Å²) in [5, 5.41) is 0. The van der Waals surface area contributed by atoms with Crippen LogP contribution in [0.2, 0.25) is 0 Å². The number of nitrogens with two attached hydrogens (primary N) is 1. The molecule has 1 fully saturated rings. The van der Waals surface area contributed by atoms with E-state index in [1.54, 1.807) is 12.1 Å². The molecule has 0 amide bonds. The summed E-state index contributed by atoms with van der Waals surface area (Å²) in [4.78, 5) is 0.225. The van der Waals surface area contributed by atoms with Crippen molar-refractivity contribution in [3.63, 3.8) is 0 Å². The van der Waals surface area contributed by atoms with Crippen molar-refractivity contribution in [2.45, 2.75) is 43.0 Å². The van der Waals surface area contributed by atoms with E-state index in [-0.39, 0.29) is 10.4 Å². The van der Waals surface area contributed by atoms with Crippen LogP contribution in [0.1, 0.15) is 32.6 Å². The second-order valence-electron chi connectivity index (χ2n) is 4.78. The van der Waals surface area contributed by atoms with Crippen molar-refractivity contribution in [1.82, 2.24) is 4.72 Å². The highest BCUT2D eigenvalue weighted by atomic mass is 79.9. The molecule has 0 atom stereocenters. The Labute approximate surface area is 116 Å². The number of rotatable bonds is 4. The molecule has 0 aromatic heterocycles. The van der Waals surface area contributed by atoms with Gasteiger partial charge in [-0.2, -0.15) is 0 Å². The Hall–Kier alpha value is -0.590. The van der Waals surface area contributed by atoms with Gasteiger partial charge in [-0.25, -0.2) is 13.1 Å². The minimum absolute atomic E-state index is 0.225. The van der Waals surface area contributed by atoms with Crippen LogP contribution >= 0.6 is 15.9 Å². The number of halogens is 1. The van der Waals surface area contributed by atoms with Gasteiger partial charge in [0, 0.05) is 15.7 Å². The fraction of sp³-hybridized carbons (Fsp3) is 0.500. The van der Waals surface area contributed by atoms with Gasteiger partial charge in [-0.05, 0) is 59.8 Å². The predicted octanol–water partition coefficient (Wildman–Crippen LogP) is 2.64. The maximum absolute atomic E-state index is 12.3. The van der Waals surface area contributed by atoms with Crippen LogP contribution < -0.4 is 10.5 Å². The van der Waals surface area contributed by atoms with Gasteiger partial charge in [0.2, 0.25) is 10.0 Å². The molecule has 6 heteroatoms. The first kappa shape index (κ1) is 13.8. The highest BCUT2D eigenvalue weighted by Crippen LogP contribution is 2.36. The molecule has 1 aromatic rings. The average molecular weight is 333 g/mol. The summed E-state index contributed by atoms with van der Waals surface area (Å²) < 4.78 is 28.1. The largest absolute Gasteiger partial charge is 0.398 e. The van der Waals surface area contributed by atoms with Crippen LogP contribution in [0.15, 0.2) is 27.6 Å². The highest BCUT2D eigenvalue weighted by molar-refractivity contribution is 9.10. The Bertz CT molecular complexity index is 548. The standard InChI is InChI=1S/C12H17BrN2O2S/c1-2-12(6-3-7-12)15-18(16,17)9-4-5-10(13)11(14)8-9/h4-5,8,15H,2-3,6-7,14H2,1H3. The van der Waals surface area contributed by atoms with Gasteiger partial charge in [0.25, 0.3) is 0 Å². The number of hydrogen-bond donors (Lipinski definition) is 2. The van der Waals surface area contributed by atoms with E-state index in [1.165, 1.54) is 6.07 Å². The van der Waals surface area contributed by atoms with Crippen LogP contribution in [-0.4, -0.2) is 14.0 Å². The van der Waals surface area contributed by atoms with Crippen molar-refractivity contribution in [1.29, 1.82) is 0 Å². The quantitative estimate of drug-likeness (QED) is 0.832. The Morgan fingerprint density at radius 1 is 1.44 bits per heavy atom. The molecule has 1 aliphatic rings. The summed E-state index contributed by atoms with van der Waals surface area (Å²) in [5.74, 6) is 0. The monoisotopic (exact) mass is 332 g/mol. The van der Waals surface area contributed by atoms with E-state index in [2.05, 4.69) is 20.7 Å². The third kappa shape index (κ3) is 2.55. The predicted molar refractivity (Wildman–Crippen MR) is 75.7 cm³/mol. The Morgan fingerprint density at radius 3 is 2.56 bits per heavy atom. The maximum Gasteiger partial charge on any atom is 0.241 e. The smallest absolute Gasteiger partial charge is 0.241 e. The molecule has 0 aliphatic heterocycles. The van der Waals surface area contributed by atoms with Gasteiger partial charge < -0.3 is 5.73 Å². The molecule has 0 spiro atoms. The van der Waals surface area contributed by atoms with Crippen LogP contribution in [0.25, 0.3) is 0 Å². The summed E-state index contributed by atoms with van der Waals surface area (Å²) in [6.45, 7) is 2.01. The van der Waals surface area contributed by atoms with Gasteiger partial charge in [0.15, 0.2) is 0 Å². The minimum Gasteiger partial charge on any atom is -0.398 e. The second-order valence-corrected chi connectivity index (χ2v) is 7.31. The van der Waals surface area contributed by atoms with Gasteiger partial charge in [0.05, 0.1) is 4.90 Å². The van der Waals surface area contributed by atoms with Gasteiger partial charge in [-0.15, -0.1) is 0 Å². The molecule has 0 saturated heterocycles. The SMILES string of the molecule is CCC1(NS(=O)(=O)c2ccc(Br)c(N)c2)CCC1. The van der Waals surface area contributed by atoms with E-state index in [0.29, 0.717) is 10.2 Å². The van der Waals surface area contributed by atoms with Gasteiger partial charge in [0.1, 0.15) is 0 Å². The van der Waals surface area contributed by atoms with Crippen LogP contribution in [0.5, 0.6) is 0 Å². The zero-order chi connectivity index (χ0) is 13.4. The molecular weight excluding hydrogens is 316 g/mol. The van der Waals surface area contributed by atoms with E-state index in [1.807, 2.05) is 6.92 Å². The Balaban J connectivity index is 2.28. The molecule has 1 saturated carbocycles. The summed E-state index contributed by atoms with van der Waals surface area (Å²) in [6.07, 6.45) is 3.72. The molecule has 3 N–H and O–H groups in total. The minimum atomic E-state index is -3.48. The molecule has 0 unspecified atom stereocenters. The molecule has 1 aliphatic carbocycles. The molecule has 0 radical (unpaired) electrons. The number of hydrogen-bond acceptors (Lipinski definition) is 3. The molecule has 0 bridgehead atoms. The fourth-order valence-corrected chi connectivity index (χ4v) is 3.98. The van der Waals surface area contributed by atoms with Gasteiger partial charge >= 0.3 is 0 Å². The van der Waals surface area contributed by atoms with Crippen LogP contribution in [0.4, 0.5) is 5.69 Å². The third-order valence-electron chi connectivity index (χ3n) is 3.62. The van der Waals surface area contributed by atoms with Crippen molar-refractivity contribution in [2.75, 3.05) is 5.73 Å². The van der Waals surface area contributed by atoms with E-state index >= 15 is 0 Å². The van der Waals surface area contributed by atoms with Crippen LogP contribution in [-0.2, 0) is 10.0 Å². The van der Waals surface area contributed by atoms with Crippen molar-refractivity contribution in [3.8, 4) is 0 Å². The van der Waals surface area contributed by atoms with Crippen molar-refractivity contribution in [3.05, 3.63) is 22.7 Å². The van der Waals surface area contributed by atoms with E-state index < -0.39 is 10.0 Å². The first-order chi connectivity index (χ1) is 8.38. The first-order valence-electron chi connectivity index (χ1n) is 5.98. The number of nitrogens with one attached hydrogen (secondary N) is 1. The molecular formula is C12H17BrN2O2S. The van der Waals surface area contributed by atoms with Gasteiger partial charge in [-0.3, -0.25) is 0 Å². The number of nitrogen functional groups attached to an aromatic ring is 1. The summed E-state index contributed by atoms with van der Waals surface area (Å²) in [6, 6.07) is 4.70. The zero-order valence-corrected chi connectivity index (χ0v) is 12.6. The lowest BCUT2D eigenvalue weighted by Gasteiger charge is -2.41. The normalized spacial score (nSPS) is 18.3. The molecule has 18 heavy (non-hydrogen) atoms. The molecule has 2 rings (SSSR count). The average Bonchev–Trinajstić information content (AvgIpc) is 2.27. The topological polar surface area (TPSA) is 72.2 Å². The molecule has 1 aromatic carbocycles. The van der Waals surface area contributed by atoms with Crippen molar-refractivity contribution >= 4 is 31.6 Å². The lowest BCUT2D eigenvalue weighted by atomic mass is 9.76. The lowest BCUT2D eigenvalue weighted by Crippen LogP contribution is -2.52. The van der Waals surface area contributed by atoms with Crippen molar-refractivity contribution < 1.29 is 8.42 Å². The highest BCUT2D eigenvalue weighted by Gasteiger charge is 2.39. The maximum atomic E-state index is 12.3.